The van der Waals surface area contributed by atoms with E-state index in [1.165, 1.54) is 13.8 Å². The molecule has 0 aromatic carbocycles. The monoisotopic (exact) mass is 951 g/mol. The topological polar surface area (TPSA) is 418 Å². The van der Waals surface area contributed by atoms with E-state index in [-0.39, 0.29) is 72.4 Å². The standard InChI is InChI=1S/C30H48N7O20P3S/c1-30(2,25(44)28(45)33-9-8-19(39)32-10-11-61-21(42)12-17(38)6-4-3-5-7-20(40)41)14-54-60(51,52)57-59(49,50)53-13-18-24(56-58(46,47)48)23(43)29(55-18)37-16-36-22-26(31)34-15-35-27(22)37/h15-16,18,23-25,29,43-44H,3-14H2,1-2H3,(H,32,39)(H,33,45)(H,40,41)(H,49,50)(H,51,52)(H2,31,34,35)(H2,46,47,48)/t18-,23-,24-,25+,29-/m1/s1. The van der Waals surface area contributed by atoms with E-state index in [0.29, 0.717) is 19.3 Å². The number of unbranched alkanes of at least 4 members (excludes halogenated alkanes) is 2. The first-order valence-corrected chi connectivity index (χ1v) is 23.6. The number of nitrogen functional groups attached to an aromatic ring is 1. The highest BCUT2D eigenvalue weighted by Gasteiger charge is 2.50. The summed E-state index contributed by atoms with van der Waals surface area (Å²) in [6.07, 6.45) is -5.79. The van der Waals surface area contributed by atoms with E-state index in [2.05, 4.69) is 34.4 Å². The van der Waals surface area contributed by atoms with Crippen molar-refractivity contribution in [2.75, 3.05) is 37.8 Å². The molecule has 1 fully saturated rings. The molecule has 3 heterocycles. The van der Waals surface area contributed by atoms with Gasteiger partial charge in [0.2, 0.25) is 11.8 Å². The van der Waals surface area contributed by atoms with Crippen LogP contribution in [-0.2, 0) is 60.3 Å². The lowest BCUT2D eigenvalue weighted by atomic mass is 9.87. The van der Waals surface area contributed by atoms with Crippen LogP contribution in [0.5, 0.6) is 0 Å². The number of phosphoric ester groups is 3. The summed E-state index contributed by atoms with van der Waals surface area (Å²) in [6, 6.07) is 0. The number of carboxylic acids is 1. The molecule has 11 N–H and O–H groups in total. The zero-order valence-electron chi connectivity index (χ0n) is 32.6. The number of nitrogens with one attached hydrogen (secondary N) is 2. The number of aliphatic hydroxyl groups is 2. The molecule has 2 amide bonds. The number of imidazole rings is 1. The van der Waals surface area contributed by atoms with Crippen molar-refractivity contribution in [1.82, 2.24) is 30.2 Å². The molecular weight excluding hydrogens is 903 g/mol. The second-order valence-electron chi connectivity index (χ2n) is 14.0. The van der Waals surface area contributed by atoms with Gasteiger partial charge >= 0.3 is 29.4 Å². The quantitative estimate of drug-likeness (QED) is 0.0311. The number of phosphoric acid groups is 3. The molecule has 2 unspecified atom stereocenters. The van der Waals surface area contributed by atoms with Crippen LogP contribution in [0.15, 0.2) is 12.7 Å². The van der Waals surface area contributed by atoms with Gasteiger partial charge in [0.05, 0.1) is 26.0 Å². The van der Waals surface area contributed by atoms with Crippen LogP contribution < -0.4 is 16.4 Å². The summed E-state index contributed by atoms with van der Waals surface area (Å²) >= 11 is 0.848. The number of hydrogen-bond acceptors (Lipinski definition) is 20. The predicted molar refractivity (Wildman–Crippen MR) is 207 cm³/mol. The lowest BCUT2D eigenvalue weighted by Crippen LogP contribution is -2.46. The number of anilines is 1. The van der Waals surface area contributed by atoms with Gasteiger partial charge in [-0.15, -0.1) is 0 Å². The summed E-state index contributed by atoms with van der Waals surface area (Å²) in [4.78, 5) is 110. The zero-order valence-corrected chi connectivity index (χ0v) is 36.1. The number of thioether (sulfide) groups is 1. The number of nitrogens with two attached hydrogens (primary N) is 1. The molecule has 27 nitrogen and oxygen atoms in total. The fourth-order valence-corrected chi connectivity index (χ4v) is 8.89. The molecule has 1 aliphatic heterocycles. The van der Waals surface area contributed by atoms with Crippen molar-refractivity contribution >= 4 is 80.9 Å². The van der Waals surface area contributed by atoms with E-state index >= 15 is 0 Å². The Bertz CT molecular complexity index is 2020. The molecule has 3 rings (SSSR count). The number of fused-ring (bicyclic) bond motifs is 1. The number of aliphatic hydroxyl groups excluding tert-OH is 2. The van der Waals surface area contributed by atoms with E-state index in [4.69, 9.17) is 24.6 Å². The Morgan fingerprint density at radius 3 is 2.31 bits per heavy atom. The minimum absolute atomic E-state index is 0.00892. The molecule has 1 saturated heterocycles. The number of ether oxygens (including phenoxy) is 1. The van der Waals surface area contributed by atoms with Crippen molar-refractivity contribution in [3.63, 3.8) is 0 Å². The minimum atomic E-state index is -5.60. The summed E-state index contributed by atoms with van der Waals surface area (Å²) in [6.45, 7) is 0.169. The van der Waals surface area contributed by atoms with Crippen molar-refractivity contribution in [2.45, 2.75) is 89.4 Å². The van der Waals surface area contributed by atoms with E-state index in [9.17, 15) is 67.5 Å². The summed E-state index contributed by atoms with van der Waals surface area (Å²) in [7, 11) is -16.5. The molecule has 7 atom stereocenters. The number of amides is 2. The molecule has 2 aromatic rings. The molecule has 2 aromatic heterocycles. The smallest absolute Gasteiger partial charge is 0.481 e. The molecule has 0 bridgehead atoms. The molecule has 0 aliphatic carbocycles. The van der Waals surface area contributed by atoms with Gasteiger partial charge < -0.3 is 56.0 Å². The van der Waals surface area contributed by atoms with Crippen LogP contribution in [0.3, 0.4) is 0 Å². The third-order valence-corrected chi connectivity index (χ3v) is 12.4. The van der Waals surface area contributed by atoms with Crippen LogP contribution in [0.25, 0.3) is 11.2 Å². The van der Waals surface area contributed by atoms with E-state index in [1.54, 1.807) is 0 Å². The highest BCUT2D eigenvalue weighted by molar-refractivity contribution is 8.13. The van der Waals surface area contributed by atoms with Gasteiger partial charge in [-0.05, 0) is 12.8 Å². The number of nitrogens with zero attached hydrogens (tertiary/aromatic N) is 4. The molecular formula is C30H48N7O20P3S. The Balaban J connectivity index is 1.41. The third-order valence-electron chi connectivity index (χ3n) is 8.45. The first-order chi connectivity index (χ1) is 28.3. The zero-order chi connectivity index (χ0) is 45.8. The first-order valence-electron chi connectivity index (χ1n) is 18.1. The van der Waals surface area contributed by atoms with Gasteiger partial charge in [0, 0.05) is 43.5 Å². The molecule has 0 spiro atoms. The maximum Gasteiger partial charge on any atom is 0.481 e. The van der Waals surface area contributed by atoms with E-state index in [0.717, 1.165) is 29.0 Å². The third kappa shape index (κ3) is 17.4. The SMILES string of the molecule is CC(C)(COP(=O)(O)OP(=O)(O)OC[C@H]1O[C@@H](n2cnc3c(N)ncnc32)[C@H](O)[C@@H]1OP(=O)(O)O)[C@@H](O)C(=O)NCCC(=O)NCCSC(=O)CC(=O)CCCCCC(=O)O. The van der Waals surface area contributed by atoms with Crippen molar-refractivity contribution < 1.29 is 95.2 Å². The summed E-state index contributed by atoms with van der Waals surface area (Å²) in [5, 5.41) is 34.5. The van der Waals surface area contributed by atoms with Crippen LogP contribution in [0.1, 0.15) is 65.0 Å². The number of Topliss-reactive ketones (excluding diaryl/α,β-unsaturated/α-hetero) is 1. The lowest BCUT2D eigenvalue weighted by molar-refractivity contribution is -0.137. The van der Waals surface area contributed by atoms with Gasteiger partial charge in [-0.25, -0.2) is 28.6 Å². The number of rotatable bonds is 27. The molecule has 61 heavy (non-hydrogen) atoms. The van der Waals surface area contributed by atoms with Crippen molar-refractivity contribution in [3.05, 3.63) is 12.7 Å². The fraction of sp³-hybridized carbons (Fsp3) is 0.667. The Hall–Kier alpha value is -3.30. The van der Waals surface area contributed by atoms with Crippen LogP contribution in [0.2, 0.25) is 0 Å². The normalized spacial score (nSPS) is 20.7. The van der Waals surface area contributed by atoms with E-state index < -0.39 is 90.5 Å². The number of carbonyl (C=O) groups is 5. The first kappa shape index (κ1) is 52.0. The van der Waals surface area contributed by atoms with Crippen molar-refractivity contribution in [3.8, 4) is 0 Å². The fourth-order valence-electron chi connectivity index (χ4n) is 5.37. The summed E-state index contributed by atoms with van der Waals surface area (Å²) in [5.41, 5.74) is 4.19. The molecule has 31 heteroatoms. The Kier molecular flexibility index (Phi) is 19.5. The van der Waals surface area contributed by atoms with Crippen molar-refractivity contribution in [2.24, 2.45) is 5.41 Å². The lowest BCUT2D eigenvalue weighted by Gasteiger charge is -2.30. The van der Waals surface area contributed by atoms with Crippen LogP contribution in [-0.4, -0.2) is 140 Å². The Labute approximate surface area is 350 Å². The molecule has 0 saturated carbocycles. The number of carbonyl (C=O) groups excluding carboxylic acids is 4. The minimum Gasteiger partial charge on any atom is -0.481 e. The molecule has 1 aliphatic rings. The maximum absolute atomic E-state index is 12.7. The van der Waals surface area contributed by atoms with Gasteiger partial charge in [-0.3, -0.25) is 42.1 Å². The molecule has 344 valence electrons. The summed E-state index contributed by atoms with van der Waals surface area (Å²) < 4.78 is 62.1. The Morgan fingerprint density at radius 1 is 0.967 bits per heavy atom. The van der Waals surface area contributed by atoms with Crippen LogP contribution in [0, 0.1) is 5.41 Å². The number of carboxylic acid groups (broad SMARTS) is 1. The largest absolute Gasteiger partial charge is 0.481 e. The number of hydrogen-bond donors (Lipinski definition) is 10. The van der Waals surface area contributed by atoms with Gasteiger partial charge in [-0.1, -0.05) is 32.0 Å². The average molecular weight is 952 g/mol. The van der Waals surface area contributed by atoms with Crippen LogP contribution in [0.4, 0.5) is 5.82 Å². The van der Waals surface area contributed by atoms with Crippen LogP contribution >= 0.6 is 35.2 Å². The number of aliphatic carboxylic acids is 1. The van der Waals surface area contributed by atoms with Gasteiger partial charge in [0.1, 0.15) is 42.0 Å². The second-order valence-corrected chi connectivity index (χ2v) is 19.3. The van der Waals surface area contributed by atoms with Crippen molar-refractivity contribution in [1.29, 1.82) is 0 Å². The van der Waals surface area contributed by atoms with Gasteiger partial charge in [0.25, 0.3) is 0 Å². The Morgan fingerprint density at radius 2 is 1.64 bits per heavy atom. The number of ketones is 1. The predicted octanol–water partition coefficient (Wildman–Crippen LogP) is -0.341. The highest BCUT2D eigenvalue weighted by atomic mass is 32.2. The van der Waals surface area contributed by atoms with Gasteiger partial charge in [-0.2, -0.15) is 4.31 Å². The van der Waals surface area contributed by atoms with Gasteiger partial charge in [0.15, 0.2) is 22.8 Å². The maximum atomic E-state index is 12.7. The average Bonchev–Trinajstić information content (AvgIpc) is 3.71. The number of aromatic nitrogens is 4. The summed E-state index contributed by atoms with van der Waals surface area (Å²) in [5.74, 6) is -2.63. The highest BCUT2D eigenvalue weighted by Crippen LogP contribution is 2.61. The molecule has 0 radical (unpaired) electrons. The van der Waals surface area contributed by atoms with E-state index in [1.807, 2.05) is 0 Å². The second kappa shape index (κ2) is 22.9.